The second kappa shape index (κ2) is 12.5. The molecule has 2 heterocycles. The van der Waals surface area contributed by atoms with Gasteiger partial charge in [0.05, 0.1) is 38.4 Å². The van der Waals surface area contributed by atoms with Crippen LogP contribution in [0.3, 0.4) is 0 Å². The van der Waals surface area contributed by atoms with E-state index in [1.807, 2.05) is 48.5 Å². The van der Waals surface area contributed by atoms with E-state index in [4.69, 9.17) is 11.6 Å². The highest BCUT2D eigenvalue weighted by Crippen LogP contribution is 2.36. The van der Waals surface area contributed by atoms with Gasteiger partial charge in [-0.3, -0.25) is 14.5 Å². The van der Waals surface area contributed by atoms with Gasteiger partial charge in [0.1, 0.15) is 0 Å². The SMILES string of the molecule is O=C(NCCN1CCN(c2cccc(Cl)c2)CC1)c1ccc2c(c1)N(Cc1ccccc1)C(=O)c1ccccc1S2=O. The summed E-state index contributed by atoms with van der Waals surface area (Å²) in [6.07, 6.45) is 0. The number of anilines is 2. The zero-order valence-corrected chi connectivity index (χ0v) is 24.6. The zero-order valence-electron chi connectivity index (χ0n) is 23.0. The number of nitrogens with one attached hydrogen (secondary N) is 1. The summed E-state index contributed by atoms with van der Waals surface area (Å²) in [5, 5.41) is 3.77. The molecule has 1 fully saturated rings. The second-order valence-electron chi connectivity index (χ2n) is 10.4. The zero-order chi connectivity index (χ0) is 29.1. The van der Waals surface area contributed by atoms with Crippen LogP contribution in [0, 0.1) is 0 Å². The molecule has 42 heavy (non-hydrogen) atoms. The molecule has 4 aromatic carbocycles. The summed E-state index contributed by atoms with van der Waals surface area (Å²) < 4.78 is 13.6. The molecule has 1 atom stereocenters. The molecule has 0 aliphatic carbocycles. The monoisotopic (exact) mass is 598 g/mol. The van der Waals surface area contributed by atoms with Crippen molar-refractivity contribution in [2.24, 2.45) is 0 Å². The number of halogens is 1. The van der Waals surface area contributed by atoms with Gasteiger partial charge in [-0.2, -0.15) is 0 Å². The van der Waals surface area contributed by atoms with Crippen molar-refractivity contribution in [3.63, 3.8) is 0 Å². The van der Waals surface area contributed by atoms with Crippen molar-refractivity contribution in [2.45, 2.75) is 16.3 Å². The van der Waals surface area contributed by atoms with Crippen LogP contribution in [0.1, 0.15) is 26.3 Å². The predicted octanol–water partition coefficient (Wildman–Crippen LogP) is 5.22. The van der Waals surface area contributed by atoms with Crippen LogP contribution in [0.25, 0.3) is 0 Å². The van der Waals surface area contributed by atoms with Crippen LogP contribution in [-0.4, -0.2) is 60.2 Å². The summed E-state index contributed by atoms with van der Waals surface area (Å²) in [5.74, 6) is -0.467. The fourth-order valence-corrected chi connectivity index (χ4v) is 6.99. The Morgan fingerprint density at radius 3 is 2.38 bits per heavy atom. The minimum atomic E-state index is -1.57. The number of fused-ring (bicyclic) bond motifs is 2. The Balaban J connectivity index is 1.15. The lowest BCUT2D eigenvalue weighted by Gasteiger charge is -2.36. The number of hydrogen-bond acceptors (Lipinski definition) is 5. The van der Waals surface area contributed by atoms with Crippen LogP contribution in [0.5, 0.6) is 0 Å². The minimum absolute atomic E-state index is 0.227. The van der Waals surface area contributed by atoms with Crippen molar-refractivity contribution < 1.29 is 13.8 Å². The molecule has 4 aromatic rings. The Labute approximate surface area is 253 Å². The summed E-state index contributed by atoms with van der Waals surface area (Å²) >= 11 is 6.16. The van der Waals surface area contributed by atoms with Gasteiger partial charge < -0.3 is 15.1 Å². The van der Waals surface area contributed by atoms with Crippen molar-refractivity contribution in [3.8, 4) is 0 Å². The number of hydrogen-bond donors (Lipinski definition) is 1. The minimum Gasteiger partial charge on any atom is -0.369 e. The fraction of sp³-hybridized carbons (Fsp3) is 0.212. The number of nitrogens with zero attached hydrogens (tertiary/aromatic N) is 3. The van der Waals surface area contributed by atoms with Crippen LogP contribution < -0.4 is 15.1 Å². The first kappa shape index (κ1) is 28.2. The Morgan fingerprint density at radius 1 is 0.833 bits per heavy atom. The predicted molar refractivity (Wildman–Crippen MR) is 167 cm³/mol. The molecule has 2 aliphatic rings. The molecule has 0 bridgehead atoms. The maximum Gasteiger partial charge on any atom is 0.259 e. The highest BCUT2D eigenvalue weighted by molar-refractivity contribution is 7.85. The standard InChI is InChI=1S/C33H31ClN4O3S/c34-26-9-6-10-27(22-26)37-19-17-36(18-20-37)16-15-35-32(39)25-13-14-31-29(21-25)38(23-24-7-2-1-3-8-24)33(40)28-11-4-5-12-30(28)42(31)41/h1-14,21-22H,15-20,23H2,(H,35,39). The van der Waals surface area contributed by atoms with E-state index in [-0.39, 0.29) is 11.8 Å². The second-order valence-corrected chi connectivity index (χ2v) is 12.2. The van der Waals surface area contributed by atoms with Crippen LogP contribution >= 0.6 is 11.6 Å². The Bertz CT molecular complexity index is 1640. The molecule has 2 aliphatic heterocycles. The van der Waals surface area contributed by atoms with Crippen molar-refractivity contribution in [3.05, 3.63) is 119 Å². The van der Waals surface area contributed by atoms with E-state index in [0.717, 1.165) is 49.0 Å². The molecule has 6 rings (SSSR count). The van der Waals surface area contributed by atoms with E-state index < -0.39 is 10.8 Å². The van der Waals surface area contributed by atoms with Crippen molar-refractivity contribution >= 4 is 45.6 Å². The topological polar surface area (TPSA) is 73.0 Å². The van der Waals surface area contributed by atoms with E-state index >= 15 is 0 Å². The average molecular weight is 599 g/mol. The van der Waals surface area contributed by atoms with E-state index in [9.17, 15) is 13.8 Å². The number of carbonyl (C=O) groups is 2. The molecule has 0 aromatic heterocycles. The highest BCUT2D eigenvalue weighted by atomic mass is 35.5. The molecule has 1 unspecified atom stereocenters. The molecule has 1 N–H and O–H groups in total. The van der Waals surface area contributed by atoms with Crippen molar-refractivity contribution in [1.82, 2.24) is 10.2 Å². The van der Waals surface area contributed by atoms with Gasteiger partial charge in [-0.05, 0) is 54.1 Å². The number of benzene rings is 4. The first-order chi connectivity index (χ1) is 20.5. The summed E-state index contributed by atoms with van der Waals surface area (Å²) in [6.45, 7) is 5.10. The van der Waals surface area contributed by atoms with Gasteiger partial charge >= 0.3 is 0 Å². The van der Waals surface area contributed by atoms with Crippen LogP contribution in [0.15, 0.2) is 107 Å². The van der Waals surface area contributed by atoms with Crippen LogP contribution in [0.4, 0.5) is 11.4 Å². The third-order valence-electron chi connectivity index (χ3n) is 7.72. The normalized spacial score (nSPS) is 16.9. The number of piperazine rings is 1. The van der Waals surface area contributed by atoms with Gasteiger partial charge in [0, 0.05) is 55.5 Å². The van der Waals surface area contributed by atoms with Crippen LogP contribution in [-0.2, 0) is 17.3 Å². The van der Waals surface area contributed by atoms with Gasteiger partial charge in [0.25, 0.3) is 11.8 Å². The first-order valence-corrected chi connectivity index (χ1v) is 15.5. The summed E-state index contributed by atoms with van der Waals surface area (Å²) in [5.41, 5.74) is 3.38. The summed E-state index contributed by atoms with van der Waals surface area (Å²) in [4.78, 5) is 34.3. The van der Waals surface area contributed by atoms with Gasteiger partial charge in [-0.15, -0.1) is 0 Å². The van der Waals surface area contributed by atoms with Gasteiger partial charge in [0.2, 0.25) is 0 Å². The Hall–Kier alpha value is -3.98. The summed E-state index contributed by atoms with van der Waals surface area (Å²) in [6, 6.07) is 29.7. The summed E-state index contributed by atoms with van der Waals surface area (Å²) in [7, 11) is -1.57. The smallest absolute Gasteiger partial charge is 0.259 e. The fourth-order valence-electron chi connectivity index (χ4n) is 5.46. The van der Waals surface area contributed by atoms with Gasteiger partial charge in [-0.1, -0.05) is 60.1 Å². The number of rotatable bonds is 7. The molecule has 214 valence electrons. The highest BCUT2D eigenvalue weighted by Gasteiger charge is 2.31. The van der Waals surface area contributed by atoms with Crippen molar-refractivity contribution in [2.75, 3.05) is 49.1 Å². The average Bonchev–Trinajstić information content (AvgIpc) is 3.11. The van der Waals surface area contributed by atoms with E-state index in [2.05, 4.69) is 21.2 Å². The number of amides is 2. The molecule has 1 saturated heterocycles. The maximum absolute atomic E-state index is 13.8. The number of carbonyl (C=O) groups excluding carboxylic acids is 2. The molecule has 9 heteroatoms. The van der Waals surface area contributed by atoms with Crippen molar-refractivity contribution in [1.29, 1.82) is 0 Å². The van der Waals surface area contributed by atoms with E-state index in [1.165, 1.54) is 0 Å². The quantitative estimate of drug-likeness (QED) is 0.316. The van der Waals surface area contributed by atoms with E-state index in [1.54, 1.807) is 47.4 Å². The molecule has 0 spiro atoms. The lowest BCUT2D eigenvalue weighted by molar-refractivity contribution is 0.0944. The Kier molecular flexibility index (Phi) is 8.37. The van der Waals surface area contributed by atoms with Gasteiger partial charge in [0.15, 0.2) is 0 Å². The first-order valence-electron chi connectivity index (χ1n) is 14.0. The maximum atomic E-state index is 13.8. The van der Waals surface area contributed by atoms with Gasteiger partial charge in [-0.25, -0.2) is 4.21 Å². The molecule has 7 nitrogen and oxygen atoms in total. The van der Waals surface area contributed by atoms with E-state index in [0.29, 0.717) is 39.7 Å². The molecular weight excluding hydrogens is 568 g/mol. The molecule has 0 saturated carbocycles. The lowest BCUT2D eigenvalue weighted by Crippen LogP contribution is -2.48. The molecule has 0 radical (unpaired) electrons. The Morgan fingerprint density at radius 2 is 1.60 bits per heavy atom. The van der Waals surface area contributed by atoms with Crippen LogP contribution in [0.2, 0.25) is 5.02 Å². The molecular formula is C33H31ClN4O3S. The lowest BCUT2D eigenvalue weighted by atomic mass is 10.1. The third kappa shape index (κ3) is 5.97. The molecule has 2 amide bonds. The largest absolute Gasteiger partial charge is 0.369 e. The third-order valence-corrected chi connectivity index (χ3v) is 9.45.